The highest BCUT2D eigenvalue weighted by atomic mass is 16.2. The van der Waals surface area contributed by atoms with Gasteiger partial charge in [0.25, 0.3) is 0 Å². The zero-order valence-corrected chi connectivity index (χ0v) is 7.92. The number of carbonyl (C=O) groups excluding carboxylic acids is 1. The van der Waals surface area contributed by atoms with Gasteiger partial charge in [-0.1, -0.05) is 19.9 Å². The molecule has 1 saturated heterocycles. The maximum atomic E-state index is 11.2. The summed E-state index contributed by atoms with van der Waals surface area (Å²) in [6, 6.07) is 0. The van der Waals surface area contributed by atoms with Crippen LogP contribution in [-0.2, 0) is 4.79 Å². The molecule has 0 bridgehead atoms. The second-order valence-corrected chi connectivity index (χ2v) is 3.71. The van der Waals surface area contributed by atoms with Crippen LogP contribution in [0.25, 0.3) is 0 Å². The SMILES string of the molecule is CC(C)C/C=C\C(=O)N1CCC1. The van der Waals surface area contributed by atoms with Gasteiger partial charge in [0.2, 0.25) is 5.91 Å². The molecule has 12 heavy (non-hydrogen) atoms. The third-order valence-electron chi connectivity index (χ3n) is 2.04. The summed E-state index contributed by atoms with van der Waals surface area (Å²) in [5, 5.41) is 0. The minimum Gasteiger partial charge on any atom is -0.339 e. The first-order chi connectivity index (χ1) is 5.70. The zero-order valence-electron chi connectivity index (χ0n) is 7.92. The van der Waals surface area contributed by atoms with Crippen molar-refractivity contribution in [2.24, 2.45) is 5.92 Å². The summed E-state index contributed by atoms with van der Waals surface area (Å²) >= 11 is 0. The van der Waals surface area contributed by atoms with Crippen molar-refractivity contribution in [3.8, 4) is 0 Å². The van der Waals surface area contributed by atoms with E-state index in [1.807, 2.05) is 11.0 Å². The van der Waals surface area contributed by atoms with E-state index >= 15 is 0 Å². The quantitative estimate of drug-likeness (QED) is 0.587. The first-order valence-electron chi connectivity index (χ1n) is 4.65. The summed E-state index contributed by atoms with van der Waals surface area (Å²) in [4.78, 5) is 13.1. The summed E-state index contributed by atoms with van der Waals surface area (Å²) in [7, 11) is 0. The first kappa shape index (κ1) is 9.30. The molecule has 68 valence electrons. The Morgan fingerprint density at radius 3 is 2.58 bits per heavy atom. The van der Waals surface area contributed by atoms with Crippen molar-refractivity contribution in [3.63, 3.8) is 0 Å². The molecule has 1 aliphatic heterocycles. The van der Waals surface area contributed by atoms with Gasteiger partial charge in [0.1, 0.15) is 0 Å². The highest BCUT2D eigenvalue weighted by molar-refractivity contribution is 5.88. The number of amides is 1. The molecule has 1 fully saturated rings. The summed E-state index contributed by atoms with van der Waals surface area (Å²) < 4.78 is 0. The number of nitrogens with zero attached hydrogens (tertiary/aromatic N) is 1. The third kappa shape index (κ3) is 2.68. The largest absolute Gasteiger partial charge is 0.339 e. The van der Waals surface area contributed by atoms with E-state index in [4.69, 9.17) is 0 Å². The maximum Gasteiger partial charge on any atom is 0.246 e. The van der Waals surface area contributed by atoms with Crippen LogP contribution >= 0.6 is 0 Å². The molecule has 0 aromatic heterocycles. The fourth-order valence-corrected chi connectivity index (χ4v) is 1.08. The van der Waals surface area contributed by atoms with E-state index in [9.17, 15) is 4.79 Å². The molecule has 0 spiro atoms. The molecule has 0 radical (unpaired) electrons. The Kier molecular flexibility index (Phi) is 3.32. The summed E-state index contributed by atoms with van der Waals surface area (Å²) in [5.41, 5.74) is 0. The highest BCUT2D eigenvalue weighted by Gasteiger charge is 2.16. The number of hydrogen-bond acceptors (Lipinski definition) is 1. The average Bonchev–Trinajstić information content (AvgIpc) is 1.81. The van der Waals surface area contributed by atoms with Crippen LogP contribution in [0.4, 0.5) is 0 Å². The van der Waals surface area contributed by atoms with E-state index in [2.05, 4.69) is 13.8 Å². The summed E-state index contributed by atoms with van der Waals surface area (Å²) in [5.74, 6) is 0.826. The molecular formula is C10H17NO. The van der Waals surface area contributed by atoms with Gasteiger partial charge >= 0.3 is 0 Å². The standard InChI is InChI=1S/C10H17NO/c1-9(2)5-3-6-10(12)11-7-4-8-11/h3,6,9H,4-5,7-8H2,1-2H3/b6-3-. The zero-order chi connectivity index (χ0) is 8.97. The van der Waals surface area contributed by atoms with Crippen molar-refractivity contribution in [2.75, 3.05) is 13.1 Å². The van der Waals surface area contributed by atoms with Gasteiger partial charge in [-0.2, -0.15) is 0 Å². The van der Waals surface area contributed by atoms with E-state index in [1.165, 1.54) is 6.42 Å². The Bertz CT molecular complexity index is 180. The number of likely N-dealkylation sites (tertiary alicyclic amines) is 1. The molecule has 1 heterocycles. The predicted molar refractivity (Wildman–Crippen MR) is 49.8 cm³/mol. The Morgan fingerprint density at radius 1 is 1.50 bits per heavy atom. The Balaban J connectivity index is 2.20. The molecule has 1 rings (SSSR count). The summed E-state index contributed by atoms with van der Waals surface area (Å²) in [6.45, 7) is 6.20. The van der Waals surface area contributed by atoms with Crippen molar-refractivity contribution < 1.29 is 4.79 Å². The maximum absolute atomic E-state index is 11.2. The molecule has 0 aliphatic carbocycles. The van der Waals surface area contributed by atoms with Gasteiger partial charge in [0, 0.05) is 13.1 Å². The van der Waals surface area contributed by atoms with E-state index in [0.717, 1.165) is 19.5 Å². The van der Waals surface area contributed by atoms with Crippen molar-refractivity contribution in [2.45, 2.75) is 26.7 Å². The Morgan fingerprint density at radius 2 is 2.17 bits per heavy atom. The third-order valence-corrected chi connectivity index (χ3v) is 2.04. The van der Waals surface area contributed by atoms with Gasteiger partial charge < -0.3 is 4.90 Å². The van der Waals surface area contributed by atoms with Crippen LogP contribution in [0, 0.1) is 5.92 Å². The minimum absolute atomic E-state index is 0.182. The molecule has 0 saturated carbocycles. The fraction of sp³-hybridized carbons (Fsp3) is 0.700. The molecule has 0 unspecified atom stereocenters. The van der Waals surface area contributed by atoms with Gasteiger partial charge in [-0.25, -0.2) is 0 Å². The molecular weight excluding hydrogens is 150 g/mol. The molecule has 0 atom stereocenters. The van der Waals surface area contributed by atoms with Gasteiger partial charge in [0.15, 0.2) is 0 Å². The van der Waals surface area contributed by atoms with Crippen molar-refractivity contribution >= 4 is 5.91 Å². The van der Waals surface area contributed by atoms with Crippen LogP contribution < -0.4 is 0 Å². The Hall–Kier alpha value is -0.790. The van der Waals surface area contributed by atoms with E-state index < -0.39 is 0 Å². The van der Waals surface area contributed by atoms with Crippen LogP contribution in [0.2, 0.25) is 0 Å². The van der Waals surface area contributed by atoms with Gasteiger partial charge in [0.05, 0.1) is 0 Å². The minimum atomic E-state index is 0.182. The van der Waals surface area contributed by atoms with Crippen LogP contribution in [0.1, 0.15) is 26.7 Å². The normalized spacial score (nSPS) is 17.1. The Labute approximate surface area is 74.2 Å². The summed E-state index contributed by atoms with van der Waals surface area (Å²) in [6.07, 6.45) is 5.85. The second-order valence-electron chi connectivity index (χ2n) is 3.71. The number of rotatable bonds is 3. The van der Waals surface area contributed by atoms with Gasteiger partial charge in [-0.05, 0) is 24.8 Å². The van der Waals surface area contributed by atoms with Crippen molar-refractivity contribution in [1.82, 2.24) is 4.90 Å². The lowest BCUT2D eigenvalue weighted by molar-refractivity contribution is -0.129. The number of allylic oxidation sites excluding steroid dienone is 1. The fourth-order valence-electron chi connectivity index (χ4n) is 1.08. The highest BCUT2D eigenvalue weighted by Crippen LogP contribution is 2.07. The van der Waals surface area contributed by atoms with E-state index in [1.54, 1.807) is 6.08 Å². The van der Waals surface area contributed by atoms with Gasteiger partial charge in [-0.3, -0.25) is 4.79 Å². The number of hydrogen-bond donors (Lipinski definition) is 0. The smallest absolute Gasteiger partial charge is 0.246 e. The molecule has 0 aromatic rings. The predicted octanol–water partition coefficient (Wildman–Crippen LogP) is 1.82. The molecule has 0 aromatic carbocycles. The lowest BCUT2D eigenvalue weighted by Crippen LogP contribution is -2.41. The monoisotopic (exact) mass is 167 g/mol. The number of carbonyl (C=O) groups is 1. The second kappa shape index (κ2) is 4.29. The van der Waals surface area contributed by atoms with Crippen LogP contribution in [0.15, 0.2) is 12.2 Å². The van der Waals surface area contributed by atoms with E-state index in [0.29, 0.717) is 5.92 Å². The van der Waals surface area contributed by atoms with Crippen LogP contribution in [0.5, 0.6) is 0 Å². The molecule has 2 heteroatoms. The van der Waals surface area contributed by atoms with Crippen LogP contribution in [0.3, 0.4) is 0 Å². The molecule has 1 aliphatic rings. The van der Waals surface area contributed by atoms with Crippen LogP contribution in [-0.4, -0.2) is 23.9 Å². The lowest BCUT2D eigenvalue weighted by Gasteiger charge is -2.29. The molecule has 0 N–H and O–H groups in total. The molecule has 2 nitrogen and oxygen atoms in total. The lowest BCUT2D eigenvalue weighted by atomic mass is 10.1. The van der Waals surface area contributed by atoms with Gasteiger partial charge in [-0.15, -0.1) is 0 Å². The first-order valence-corrected chi connectivity index (χ1v) is 4.65. The topological polar surface area (TPSA) is 20.3 Å². The molecule has 1 amide bonds. The van der Waals surface area contributed by atoms with Crippen molar-refractivity contribution in [3.05, 3.63) is 12.2 Å². The average molecular weight is 167 g/mol. The van der Waals surface area contributed by atoms with E-state index in [-0.39, 0.29) is 5.91 Å². The van der Waals surface area contributed by atoms with Crippen molar-refractivity contribution in [1.29, 1.82) is 0 Å².